The van der Waals surface area contributed by atoms with E-state index in [1.165, 1.54) is 5.56 Å². The van der Waals surface area contributed by atoms with Gasteiger partial charge in [-0.3, -0.25) is 0 Å². The normalized spacial score (nSPS) is 10.7. The number of benzene rings is 1. The standard InChI is InChI=1S/C10H16NO.ClH/c1-11(2,12-3)9-10-7-5-4-6-8-10;/h4-8H,9H2,1-3H3;1H/q+1;/p-1. The molecule has 0 aliphatic carbocycles. The van der Waals surface area contributed by atoms with Crippen molar-refractivity contribution < 1.29 is 21.9 Å². The molecule has 0 aliphatic rings. The maximum atomic E-state index is 5.28. The topological polar surface area (TPSA) is 9.23 Å². The van der Waals surface area contributed by atoms with E-state index in [1.807, 2.05) is 32.3 Å². The van der Waals surface area contributed by atoms with Crippen molar-refractivity contribution in [2.45, 2.75) is 6.54 Å². The second-order valence-corrected chi connectivity index (χ2v) is 3.40. The predicted octanol–water partition coefficient (Wildman–Crippen LogP) is -1.17. The maximum absolute atomic E-state index is 5.28. The molecule has 0 fully saturated rings. The molecular weight excluding hydrogens is 186 g/mol. The third-order valence-electron chi connectivity index (χ3n) is 1.90. The molecule has 0 saturated carbocycles. The van der Waals surface area contributed by atoms with Crippen molar-refractivity contribution in [3.8, 4) is 0 Å². The zero-order valence-corrected chi connectivity index (χ0v) is 9.08. The zero-order chi connectivity index (χ0) is 9.03. The van der Waals surface area contributed by atoms with Crippen LogP contribution in [-0.4, -0.2) is 25.9 Å². The first-order valence-corrected chi connectivity index (χ1v) is 4.07. The van der Waals surface area contributed by atoms with Crippen molar-refractivity contribution in [1.29, 1.82) is 0 Å². The molecule has 2 nitrogen and oxygen atoms in total. The van der Waals surface area contributed by atoms with Gasteiger partial charge in [-0.25, -0.2) is 4.84 Å². The number of rotatable bonds is 3. The third-order valence-corrected chi connectivity index (χ3v) is 1.90. The summed E-state index contributed by atoms with van der Waals surface area (Å²) in [5, 5.41) is 0. The molecule has 1 rings (SSSR count). The van der Waals surface area contributed by atoms with Gasteiger partial charge in [-0.1, -0.05) is 30.3 Å². The van der Waals surface area contributed by atoms with E-state index >= 15 is 0 Å². The van der Waals surface area contributed by atoms with Gasteiger partial charge >= 0.3 is 0 Å². The van der Waals surface area contributed by atoms with Gasteiger partial charge in [0.05, 0.1) is 21.2 Å². The summed E-state index contributed by atoms with van der Waals surface area (Å²) in [5.41, 5.74) is 1.30. The lowest BCUT2D eigenvalue weighted by Gasteiger charge is -2.24. The van der Waals surface area contributed by atoms with Gasteiger partial charge in [-0.15, -0.1) is 0 Å². The second-order valence-electron chi connectivity index (χ2n) is 3.40. The SMILES string of the molecule is CO[N+](C)(C)Cc1ccccc1.[Cl-]. The minimum absolute atomic E-state index is 0. The average Bonchev–Trinajstić information content (AvgIpc) is 2.06. The summed E-state index contributed by atoms with van der Waals surface area (Å²) < 4.78 is 0.560. The molecule has 0 heterocycles. The zero-order valence-electron chi connectivity index (χ0n) is 8.33. The molecule has 0 radical (unpaired) electrons. The molecule has 3 heteroatoms. The first-order chi connectivity index (χ1) is 5.64. The third kappa shape index (κ3) is 4.27. The summed E-state index contributed by atoms with van der Waals surface area (Å²) in [6.07, 6.45) is 0. The Kier molecular flexibility index (Phi) is 4.99. The Morgan fingerprint density at radius 2 is 1.69 bits per heavy atom. The van der Waals surface area contributed by atoms with Gasteiger partial charge in [0.2, 0.25) is 0 Å². The lowest BCUT2D eigenvalue weighted by Crippen LogP contribution is -3.00. The molecule has 1 aromatic carbocycles. The highest BCUT2D eigenvalue weighted by Gasteiger charge is 2.14. The van der Waals surface area contributed by atoms with Gasteiger partial charge in [-0.05, 0) is 0 Å². The number of nitrogens with zero attached hydrogens (tertiary/aromatic N) is 1. The smallest absolute Gasteiger partial charge is 0.134 e. The number of hydrogen-bond acceptors (Lipinski definition) is 1. The van der Waals surface area contributed by atoms with Crippen LogP contribution in [0.5, 0.6) is 0 Å². The van der Waals surface area contributed by atoms with Gasteiger partial charge in [-0.2, -0.15) is 4.65 Å². The molecular formula is C10H16ClNO. The van der Waals surface area contributed by atoms with E-state index < -0.39 is 0 Å². The second kappa shape index (κ2) is 5.22. The van der Waals surface area contributed by atoms with Crippen molar-refractivity contribution in [2.75, 3.05) is 21.2 Å². The fraction of sp³-hybridized carbons (Fsp3) is 0.400. The number of hydrogen-bond donors (Lipinski definition) is 0. The summed E-state index contributed by atoms with van der Waals surface area (Å²) in [4.78, 5) is 5.28. The molecule has 0 unspecified atom stereocenters. The van der Waals surface area contributed by atoms with Crippen molar-refractivity contribution in [1.82, 2.24) is 0 Å². The van der Waals surface area contributed by atoms with Crippen LogP contribution in [0, 0.1) is 0 Å². The van der Waals surface area contributed by atoms with Crippen molar-refractivity contribution in [3.63, 3.8) is 0 Å². The first kappa shape index (κ1) is 12.4. The van der Waals surface area contributed by atoms with Crippen LogP contribution in [0.4, 0.5) is 0 Å². The molecule has 0 saturated heterocycles. The number of hydroxylamine groups is 3. The van der Waals surface area contributed by atoms with Crippen LogP contribution in [0.15, 0.2) is 30.3 Å². The summed E-state index contributed by atoms with van der Waals surface area (Å²) in [6.45, 7) is 0.900. The van der Waals surface area contributed by atoms with Gasteiger partial charge in [0, 0.05) is 5.56 Å². The van der Waals surface area contributed by atoms with E-state index in [0.717, 1.165) is 6.54 Å². The predicted molar refractivity (Wildman–Crippen MR) is 49.3 cm³/mol. The highest BCUT2D eigenvalue weighted by atomic mass is 35.5. The lowest BCUT2D eigenvalue weighted by molar-refractivity contribution is -1.08. The van der Waals surface area contributed by atoms with Crippen LogP contribution >= 0.6 is 0 Å². The quantitative estimate of drug-likeness (QED) is 0.443. The van der Waals surface area contributed by atoms with Crippen LogP contribution in [0.25, 0.3) is 0 Å². The Balaban J connectivity index is 0.00000144. The fourth-order valence-corrected chi connectivity index (χ4v) is 1.09. The van der Waals surface area contributed by atoms with Crippen LogP contribution < -0.4 is 12.4 Å². The Hall–Kier alpha value is -0.570. The summed E-state index contributed by atoms with van der Waals surface area (Å²) in [6, 6.07) is 10.3. The lowest BCUT2D eigenvalue weighted by atomic mass is 10.2. The van der Waals surface area contributed by atoms with Crippen LogP contribution in [0.3, 0.4) is 0 Å². The van der Waals surface area contributed by atoms with Gasteiger partial charge in [0.1, 0.15) is 6.54 Å². The van der Waals surface area contributed by atoms with Gasteiger partial charge in [0.25, 0.3) is 0 Å². The van der Waals surface area contributed by atoms with E-state index in [1.54, 1.807) is 7.11 Å². The Labute approximate surface area is 86.1 Å². The summed E-state index contributed by atoms with van der Waals surface area (Å²) in [7, 11) is 5.79. The van der Waals surface area contributed by atoms with Crippen molar-refractivity contribution in [3.05, 3.63) is 35.9 Å². The molecule has 0 amide bonds. The minimum atomic E-state index is 0. The van der Waals surface area contributed by atoms with Gasteiger partial charge < -0.3 is 12.4 Å². The minimum Gasteiger partial charge on any atom is -1.00 e. The largest absolute Gasteiger partial charge is 1.00 e. The molecule has 0 atom stereocenters. The first-order valence-electron chi connectivity index (χ1n) is 4.07. The molecule has 0 N–H and O–H groups in total. The van der Waals surface area contributed by atoms with Crippen molar-refractivity contribution >= 4 is 0 Å². The van der Waals surface area contributed by atoms with Crippen molar-refractivity contribution in [2.24, 2.45) is 0 Å². The highest BCUT2D eigenvalue weighted by molar-refractivity contribution is 5.13. The fourth-order valence-electron chi connectivity index (χ4n) is 1.09. The molecule has 0 aliphatic heterocycles. The van der Waals surface area contributed by atoms with E-state index in [-0.39, 0.29) is 12.4 Å². The Bertz CT molecular complexity index is 236. The maximum Gasteiger partial charge on any atom is 0.134 e. The van der Waals surface area contributed by atoms with E-state index in [9.17, 15) is 0 Å². The van der Waals surface area contributed by atoms with Crippen LogP contribution in [0.2, 0.25) is 0 Å². The number of halogens is 1. The van der Waals surface area contributed by atoms with Crippen LogP contribution in [0.1, 0.15) is 5.56 Å². The Morgan fingerprint density at radius 1 is 1.15 bits per heavy atom. The molecule has 1 aromatic rings. The average molecular weight is 202 g/mol. The van der Waals surface area contributed by atoms with E-state index in [0.29, 0.717) is 4.65 Å². The van der Waals surface area contributed by atoms with Crippen LogP contribution in [-0.2, 0) is 11.4 Å². The summed E-state index contributed by atoms with van der Waals surface area (Å²) in [5.74, 6) is 0. The van der Waals surface area contributed by atoms with E-state index in [2.05, 4.69) is 12.1 Å². The molecule has 74 valence electrons. The molecule has 13 heavy (non-hydrogen) atoms. The molecule has 0 aromatic heterocycles. The van der Waals surface area contributed by atoms with E-state index in [4.69, 9.17) is 4.84 Å². The molecule has 0 spiro atoms. The summed E-state index contributed by atoms with van der Waals surface area (Å²) >= 11 is 0. The monoisotopic (exact) mass is 201 g/mol. The number of quaternary nitrogens is 1. The molecule has 0 bridgehead atoms. The van der Waals surface area contributed by atoms with Gasteiger partial charge in [0.15, 0.2) is 0 Å². The Morgan fingerprint density at radius 3 is 2.15 bits per heavy atom. The highest BCUT2D eigenvalue weighted by Crippen LogP contribution is 2.07.